The van der Waals surface area contributed by atoms with Crippen molar-refractivity contribution in [2.75, 3.05) is 7.05 Å². The van der Waals surface area contributed by atoms with Gasteiger partial charge in [0.05, 0.1) is 6.04 Å². The Labute approximate surface area is 102 Å². The third kappa shape index (κ3) is 2.31. The van der Waals surface area contributed by atoms with E-state index in [0.717, 1.165) is 6.42 Å². The predicted octanol–water partition coefficient (Wildman–Crippen LogP) is 3.77. The Bertz CT molecular complexity index is 549. The van der Waals surface area contributed by atoms with Gasteiger partial charge in [-0.2, -0.15) is 0 Å². The van der Waals surface area contributed by atoms with Crippen LogP contribution in [0.2, 0.25) is 0 Å². The average Bonchev–Trinajstić information content (AvgIpc) is 2.73. The van der Waals surface area contributed by atoms with E-state index in [1.165, 1.54) is 16.5 Å². The van der Waals surface area contributed by atoms with E-state index in [-0.39, 0.29) is 6.04 Å². The lowest BCUT2D eigenvalue weighted by atomic mass is 10.1. The highest BCUT2D eigenvalue weighted by Gasteiger charge is 2.08. The van der Waals surface area contributed by atoms with Gasteiger partial charge in [-0.25, -0.2) is 0 Å². The second-order valence-electron chi connectivity index (χ2n) is 4.26. The maximum absolute atomic E-state index is 4.04. The lowest BCUT2D eigenvalue weighted by Crippen LogP contribution is -2.05. The van der Waals surface area contributed by atoms with Crippen molar-refractivity contribution >= 4 is 17.1 Å². The van der Waals surface area contributed by atoms with Crippen molar-refractivity contribution in [1.82, 2.24) is 4.57 Å². The maximum Gasteiger partial charge on any atom is 0.0563 e. The minimum Gasteiger partial charge on any atom is -0.340 e. The molecule has 2 heteroatoms. The highest BCUT2D eigenvalue weighted by atomic mass is 15.0. The first-order valence-electron chi connectivity index (χ1n) is 5.86. The van der Waals surface area contributed by atoms with Gasteiger partial charge < -0.3 is 9.56 Å². The minimum absolute atomic E-state index is 0.277. The summed E-state index contributed by atoms with van der Waals surface area (Å²) in [6.07, 6.45) is 6.92. The van der Waals surface area contributed by atoms with Gasteiger partial charge in [0.1, 0.15) is 0 Å². The second-order valence-corrected chi connectivity index (χ2v) is 4.26. The summed E-state index contributed by atoms with van der Waals surface area (Å²) in [5.74, 6) is 0. The van der Waals surface area contributed by atoms with Crippen molar-refractivity contribution in [3.05, 3.63) is 48.7 Å². The molecule has 0 amide bonds. The van der Waals surface area contributed by atoms with Gasteiger partial charge in [0.25, 0.3) is 0 Å². The van der Waals surface area contributed by atoms with Gasteiger partial charge in [-0.3, -0.25) is 0 Å². The number of hydrogen-bond donors (Lipinski definition) is 0. The number of aliphatic imine (C=N–C) groups is 1. The molecule has 2 rings (SSSR count). The molecule has 0 saturated carbocycles. The number of allylic oxidation sites excluding steroid dienone is 1. The fourth-order valence-electron chi connectivity index (χ4n) is 2.11. The Balaban J connectivity index is 2.43. The van der Waals surface area contributed by atoms with Crippen LogP contribution in [0, 0.1) is 6.92 Å². The van der Waals surface area contributed by atoms with Crippen LogP contribution in [0.15, 0.2) is 48.1 Å². The van der Waals surface area contributed by atoms with E-state index in [9.17, 15) is 0 Å². The smallest absolute Gasteiger partial charge is 0.0563 e. The Morgan fingerprint density at radius 1 is 1.41 bits per heavy atom. The van der Waals surface area contributed by atoms with E-state index < -0.39 is 0 Å². The van der Waals surface area contributed by atoms with Gasteiger partial charge in [-0.15, -0.1) is 6.58 Å². The van der Waals surface area contributed by atoms with Crippen molar-refractivity contribution in [1.29, 1.82) is 0 Å². The van der Waals surface area contributed by atoms with Crippen LogP contribution in [0.3, 0.4) is 0 Å². The number of rotatable bonds is 4. The quantitative estimate of drug-likeness (QED) is 0.558. The Morgan fingerprint density at radius 3 is 2.94 bits per heavy atom. The van der Waals surface area contributed by atoms with Crippen LogP contribution in [-0.4, -0.2) is 17.8 Å². The van der Waals surface area contributed by atoms with Crippen molar-refractivity contribution in [2.24, 2.45) is 4.99 Å². The summed E-state index contributed by atoms with van der Waals surface area (Å²) < 4.78 is 2.25. The molecule has 1 aromatic heterocycles. The van der Waals surface area contributed by atoms with Crippen LogP contribution >= 0.6 is 0 Å². The monoisotopic (exact) mass is 226 g/mol. The molecule has 0 aliphatic rings. The first kappa shape index (κ1) is 11.6. The summed E-state index contributed by atoms with van der Waals surface area (Å²) in [6, 6.07) is 8.96. The van der Waals surface area contributed by atoms with E-state index >= 15 is 0 Å². The van der Waals surface area contributed by atoms with Crippen LogP contribution in [0.4, 0.5) is 0 Å². The number of nitrogens with zero attached hydrogens (tertiary/aromatic N) is 2. The van der Waals surface area contributed by atoms with E-state index in [0.29, 0.717) is 0 Å². The molecular weight excluding hydrogens is 208 g/mol. The molecule has 17 heavy (non-hydrogen) atoms. The number of fused-ring (bicyclic) bond motifs is 1. The van der Waals surface area contributed by atoms with Crippen LogP contribution in [0.25, 0.3) is 10.9 Å². The predicted molar refractivity (Wildman–Crippen MR) is 74.9 cm³/mol. The standard InChI is InChI=1S/C15H18N2/c1-4-14(7-9-16-3)17-10-8-13-11-12(2)5-6-15(13)17/h4-6,8-11,14H,1,7H2,2-3H3. The summed E-state index contributed by atoms with van der Waals surface area (Å²) in [5.41, 5.74) is 2.55. The number of aromatic nitrogens is 1. The third-order valence-corrected chi connectivity index (χ3v) is 3.03. The molecular formula is C15H18N2. The second kappa shape index (κ2) is 5.00. The Morgan fingerprint density at radius 2 is 2.24 bits per heavy atom. The van der Waals surface area contributed by atoms with Gasteiger partial charge in [-0.05, 0) is 30.5 Å². The number of benzene rings is 1. The first-order valence-corrected chi connectivity index (χ1v) is 5.86. The molecule has 0 radical (unpaired) electrons. The molecule has 2 nitrogen and oxygen atoms in total. The molecule has 1 unspecified atom stereocenters. The lowest BCUT2D eigenvalue weighted by molar-refractivity contribution is 0.655. The molecule has 1 atom stereocenters. The van der Waals surface area contributed by atoms with Gasteiger partial charge in [0.2, 0.25) is 0 Å². The van der Waals surface area contributed by atoms with Crippen molar-refractivity contribution in [3.63, 3.8) is 0 Å². The fraction of sp³-hybridized carbons (Fsp3) is 0.267. The maximum atomic E-state index is 4.04. The molecule has 2 aromatic rings. The summed E-state index contributed by atoms with van der Waals surface area (Å²) in [6.45, 7) is 6.03. The molecule has 1 heterocycles. The summed E-state index contributed by atoms with van der Waals surface area (Å²) in [5, 5.41) is 1.28. The van der Waals surface area contributed by atoms with E-state index in [4.69, 9.17) is 0 Å². The van der Waals surface area contributed by atoms with Crippen molar-refractivity contribution < 1.29 is 0 Å². The van der Waals surface area contributed by atoms with Crippen LogP contribution < -0.4 is 0 Å². The zero-order valence-electron chi connectivity index (χ0n) is 10.4. The van der Waals surface area contributed by atoms with Crippen LogP contribution in [0.5, 0.6) is 0 Å². The zero-order valence-corrected chi connectivity index (χ0v) is 10.4. The van der Waals surface area contributed by atoms with Crippen LogP contribution in [-0.2, 0) is 0 Å². The molecule has 0 spiro atoms. The molecule has 0 saturated heterocycles. The normalized spacial score (nSPS) is 13.3. The molecule has 0 N–H and O–H groups in total. The van der Waals surface area contributed by atoms with Gasteiger partial charge in [0.15, 0.2) is 0 Å². The van der Waals surface area contributed by atoms with E-state index in [2.05, 4.69) is 53.5 Å². The highest BCUT2D eigenvalue weighted by molar-refractivity contribution is 5.81. The Hall–Kier alpha value is -1.83. The van der Waals surface area contributed by atoms with Gasteiger partial charge in [-0.1, -0.05) is 17.7 Å². The minimum atomic E-state index is 0.277. The third-order valence-electron chi connectivity index (χ3n) is 3.03. The largest absolute Gasteiger partial charge is 0.340 e. The van der Waals surface area contributed by atoms with E-state index in [1.54, 1.807) is 7.05 Å². The average molecular weight is 226 g/mol. The highest BCUT2D eigenvalue weighted by Crippen LogP contribution is 2.23. The summed E-state index contributed by atoms with van der Waals surface area (Å²) in [7, 11) is 1.80. The number of hydrogen-bond acceptors (Lipinski definition) is 1. The van der Waals surface area contributed by atoms with Crippen molar-refractivity contribution in [3.8, 4) is 0 Å². The SMILES string of the molecule is C=CC(CC=NC)n1ccc2cc(C)ccc21. The molecule has 0 aliphatic heterocycles. The van der Waals surface area contributed by atoms with Gasteiger partial charge in [0, 0.05) is 31.4 Å². The zero-order chi connectivity index (χ0) is 12.3. The summed E-state index contributed by atoms with van der Waals surface area (Å²) >= 11 is 0. The van der Waals surface area contributed by atoms with Gasteiger partial charge >= 0.3 is 0 Å². The number of aryl methyl sites for hydroxylation is 1. The molecule has 0 fully saturated rings. The van der Waals surface area contributed by atoms with Crippen molar-refractivity contribution in [2.45, 2.75) is 19.4 Å². The van der Waals surface area contributed by atoms with E-state index in [1.807, 2.05) is 12.3 Å². The van der Waals surface area contributed by atoms with Crippen LogP contribution in [0.1, 0.15) is 18.0 Å². The topological polar surface area (TPSA) is 17.3 Å². The fourth-order valence-corrected chi connectivity index (χ4v) is 2.11. The summed E-state index contributed by atoms with van der Waals surface area (Å²) in [4.78, 5) is 4.04. The molecule has 0 aliphatic carbocycles. The molecule has 1 aromatic carbocycles. The lowest BCUT2D eigenvalue weighted by Gasteiger charge is -2.14. The molecule has 88 valence electrons. The molecule has 0 bridgehead atoms. The first-order chi connectivity index (χ1) is 8.26. The Kier molecular flexibility index (Phi) is 3.43.